The fourth-order valence-electron chi connectivity index (χ4n) is 9.15. The van der Waals surface area contributed by atoms with E-state index in [0.29, 0.717) is 50.1 Å². The second-order valence-electron chi connectivity index (χ2n) is 16.2. The summed E-state index contributed by atoms with van der Waals surface area (Å²) < 4.78 is 50.1. The summed E-state index contributed by atoms with van der Waals surface area (Å²) >= 11 is 0. The molecule has 0 aromatic heterocycles. The first kappa shape index (κ1) is 45.1. The number of nitrogens with two attached hydrogens (primary N) is 1. The van der Waals surface area contributed by atoms with E-state index in [1.807, 2.05) is 12.1 Å². The maximum absolute atomic E-state index is 11.7. The van der Waals surface area contributed by atoms with Crippen LogP contribution < -0.4 is 5.73 Å². The maximum atomic E-state index is 11.7. The van der Waals surface area contributed by atoms with Gasteiger partial charge in [-0.15, -0.1) is 0 Å². The van der Waals surface area contributed by atoms with E-state index in [2.05, 4.69) is 35.8 Å². The molecule has 0 bridgehead atoms. The molecule has 2 aromatic rings. The van der Waals surface area contributed by atoms with Crippen LogP contribution in [-0.2, 0) is 45.7 Å². The fraction of sp³-hybridized carbons (Fsp3) is 0.707. The lowest BCUT2D eigenvalue weighted by atomic mass is 9.86. The number of anilines is 1. The van der Waals surface area contributed by atoms with Crippen molar-refractivity contribution in [1.82, 2.24) is 18.4 Å². The molecule has 2 unspecified atom stereocenters. The molecule has 2 aliphatic carbocycles. The van der Waals surface area contributed by atoms with E-state index in [9.17, 15) is 26.9 Å². The summed E-state index contributed by atoms with van der Waals surface area (Å²) in [6.45, 7) is 11.2. The van der Waals surface area contributed by atoms with Crippen LogP contribution in [-0.4, -0.2) is 117 Å². The molecule has 6 rings (SSSR count). The Bertz CT molecular complexity index is 1770. The minimum Gasteiger partial charge on any atom is -0.399 e. The summed E-state index contributed by atoms with van der Waals surface area (Å²) in [6.07, 6.45) is 14.9. The van der Waals surface area contributed by atoms with Gasteiger partial charge < -0.3 is 5.73 Å². The van der Waals surface area contributed by atoms with Crippen LogP contribution in [0.2, 0.25) is 0 Å². The quantitative estimate of drug-likeness (QED) is 0.147. The lowest BCUT2D eigenvalue weighted by Crippen LogP contribution is -2.45. The van der Waals surface area contributed by atoms with E-state index in [4.69, 9.17) is 5.73 Å². The van der Waals surface area contributed by atoms with E-state index in [0.717, 1.165) is 108 Å². The molecule has 0 saturated carbocycles. The van der Waals surface area contributed by atoms with Crippen LogP contribution in [0.4, 0.5) is 11.4 Å². The van der Waals surface area contributed by atoms with Crippen molar-refractivity contribution in [2.45, 2.75) is 110 Å². The standard InChI is InChI=1S/C20H31N3O4S.C20H33N3O2S.CH4/c1-3-10-21(15-16-8-11-22(12-9-16)28(2,26)27)19-6-4-17-5-7-20(23(24)25)14-18(17)13-19;1-3-10-22(15-16-8-11-23(12-9-16)26(2,24)25)20-7-5-17-4-6-19(21)13-18(17)14-20;/h5,7,14,16,19H,3-4,6,8-13,15H2,1-2H3;4,6,13,16,20H,3,5,7-12,14-15,21H2,1-2H3;1H4. The number of aryl methyl sites for hydroxylation is 2. The predicted molar refractivity (Wildman–Crippen MR) is 224 cm³/mol. The van der Waals surface area contributed by atoms with Crippen LogP contribution in [0.3, 0.4) is 0 Å². The van der Waals surface area contributed by atoms with Gasteiger partial charge >= 0.3 is 0 Å². The number of nitrogens with zero attached hydrogens (tertiary/aromatic N) is 5. The molecule has 2 aliphatic heterocycles. The van der Waals surface area contributed by atoms with Crippen LogP contribution in [0, 0.1) is 22.0 Å². The third-order valence-electron chi connectivity index (χ3n) is 12.2. The molecule has 2 aromatic carbocycles. The maximum Gasteiger partial charge on any atom is 0.269 e. The summed E-state index contributed by atoms with van der Waals surface area (Å²) in [4.78, 5) is 16.0. The van der Waals surface area contributed by atoms with Crippen LogP contribution in [0.5, 0.6) is 0 Å². The molecule has 0 amide bonds. The number of nitro benzene ring substituents is 1. The molecular formula is C41H68N6O6S2. The van der Waals surface area contributed by atoms with Crippen molar-refractivity contribution in [3.8, 4) is 0 Å². The first-order valence-electron chi connectivity index (χ1n) is 20.2. The van der Waals surface area contributed by atoms with Gasteiger partial charge in [0.05, 0.1) is 17.4 Å². The highest BCUT2D eigenvalue weighted by atomic mass is 32.2. The Labute approximate surface area is 332 Å². The smallest absolute Gasteiger partial charge is 0.269 e. The lowest BCUT2D eigenvalue weighted by Gasteiger charge is -2.39. The Morgan fingerprint density at radius 2 is 1.11 bits per heavy atom. The molecule has 55 heavy (non-hydrogen) atoms. The molecule has 310 valence electrons. The molecular weight excluding hydrogens is 737 g/mol. The first-order chi connectivity index (χ1) is 25.6. The van der Waals surface area contributed by atoms with Crippen LogP contribution in [0.25, 0.3) is 0 Å². The van der Waals surface area contributed by atoms with Gasteiger partial charge in [-0.3, -0.25) is 19.9 Å². The van der Waals surface area contributed by atoms with Crippen molar-refractivity contribution < 1.29 is 21.8 Å². The molecule has 12 nitrogen and oxygen atoms in total. The van der Waals surface area contributed by atoms with Crippen LogP contribution in [0.1, 0.15) is 94.9 Å². The van der Waals surface area contributed by atoms with Crippen LogP contribution >= 0.6 is 0 Å². The summed E-state index contributed by atoms with van der Waals surface area (Å²) in [5, 5.41) is 11.1. The number of hydrogen-bond acceptors (Lipinski definition) is 9. The Hall–Kier alpha value is -2.62. The molecule has 4 aliphatic rings. The molecule has 2 N–H and O–H groups in total. The lowest BCUT2D eigenvalue weighted by molar-refractivity contribution is -0.384. The molecule has 2 fully saturated rings. The summed E-state index contributed by atoms with van der Waals surface area (Å²) in [5.74, 6) is 1.11. The van der Waals surface area contributed by atoms with Gasteiger partial charge in [-0.2, -0.15) is 0 Å². The third kappa shape index (κ3) is 12.7. The van der Waals surface area contributed by atoms with Crippen molar-refractivity contribution >= 4 is 31.4 Å². The normalized spacial score (nSPS) is 21.6. The Morgan fingerprint density at radius 1 is 0.691 bits per heavy atom. The summed E-state index contributed by atoms with van der Waals surface area (Å²) in [5.41, 5.74) is 12.2. The molecule has 14 heteroatoms. The largest absolute Gasteiger partial charge is 0.399 e. The van der Waals surface area contributed by atoms with E-state index >= 15 is 0 Å². The van der Waals surface area contributed by atoms with Gasteiger partial charge in [-0.1, -0.05) is 33.4 Å². The molecule has 0 radical (unpaired) electrons. The number of piperidine rings is 2. The van der Waals surface area contributed by atoms with Gasteiger partial charge in [0.2, 0.25) is 20.0 Å². The highest BCUT2D eigenvalue weighted by Crippen LogP contribution is 2.31. The average Bonchev–Trinajstić information content (AvgIpc) is 3.13. The average molecular weight is 805 g/mol. The van der Waals surface area contributed by atoms with E-state index < -0.39 is 20.0 Å². The van der Waals surface area contributed by atoms with E-state index in [1.165, 1.54) is 35.6 Å². The molecule has 2 heterocycles. The van der Waals surface area contributed by atoms with Crippen molar-refractivity contribution in [3.63, 3.8) is 0 Å². The first-order valence-corrected chi connectivity index (χ1v) is 23.9. The van der Waals surface area contributed by atoms with Gasteiger partial charge in [0.1, 0.15) is 0 Å². The van der Waals surface area contributed by atoms with E-state index in [1.54, 1.807) is 20.7 Å². The number of non-ortho nitro benzene ring substituents is 1. The Morgan fingerprint density at radius 3 is 1.51 bits per heavy atom. The highest BCUT2D eigenvalue weighted by Gasteiger charge is 2.32. The van der Waals surface area contributed by atoms with Gasteiger partial charge in [-0.05, 0) is 136 Å². The number of benzene rings is 2. The number of rotatable bonds is 13. The van der Waals surface area contributed by atoms with Crippen molar-refractivity contribution in [1.29, 1.82) is 0 Å². The second-order valence-corrected chi connectivity index (χ2v) is 20.2. The van der Waals surface area contributed by atoms with Crippen molar-refractivity contribution in [2.75, 3.05) is 70.6 Å². The second kappa shape index (κ2) is 20.2. The summed E-state index contributed by atoms with van der Waals surface area (Å²) in [7, 11) is -6.13. The number of nitrogen functional groups attached to an aromatic ring is 1. The highest BCUT2D eigenvalue weighted by molar-refractivity contribution is 7.88. The fourth-order valence-corrected chi connectivity index (χ4v) is 10.9. The minimum atomic E-state index is -3.09. The summed E-state index contributed by atoms with van der Waals surface area (Å²) in [6, 6.07) is 12.6. The molecule has 0 spiro atoms. The zero-order valence-electron chi connectivity index (χ0n) is 33.0. The zero-order valence-corrected chi connectivity index (χ0v) is 34.6. The van der Waals surface area contributed by atoms with Gasteiger partial charge in [-0.25, -0.2) is 25.4 Å². The minimum absolute atomic E-state index is 0. The number of hydrogen-bond donors (Lipinski definition) is 1. The number of nitro groups is 1. The monoisotopic (exact) mass is 804 g/mol. The topological polar surface area (TPSA) is 150 Å². The van der Waals surface area contributed by atoms with E-state index in [-0.39, 0.29) is 18.0 Å². The van der Waals surface area contributed by atoms with Crippen molar-refractivity contribution in [2.24, 2.45) is 11.8 Å². The molecule has 2 atom stereocenters. The number of fused-ring (bicyclic) bond motifs is 2. The molecule has 2 saturated heterocycles. The van der Waals surface area contributed by atoms with Crippen LogP contribution in [0.15, 0.2) is 36.4 Å². The zero-order chi connectivity index (χ0) is 39.0. The third-order valence-corrected chi connectivity index (χ3v) is 14.8. The van der Waals surface area contributed by atoms with Gasteiger partial charge in [0.15, 0.2) is 0 Å². The van der Waals surface area contributed by atoms with Gasteiger partial charge in [0, 0.05) is 69.2 Å². The van der Waals surface area contributed by atoms with Gasteiger partial charge in [0.25, 0.3) is 5.69 Å². The number of sulfonamides is 2. The predicted octanol–water partition coefficient (Wildman–Crippen LogP) is 5.98. The Balaban J connectivity index is 0.000000241. The van der Waals surface area contributed by atoms with Crippen molar-refractivity contribution in [3.05, 3.63) is 68.8 Å². The SMILES string of the molecule is C.CCCN(CC1CCN(S(C)(=O)=O)CC1)C1CCc2ccc(N)cc2C1.CCCN(CC1CCN(S(C)(=O)=O)CC1)C1CCc2ccc([N+](=O)[O-])cc2C1. The Kier molecular flexibility index (Phi) is 16.5.